The summed E-state index contributed by atoms with van der Waals surface area (Å²) >= 11 is 9.46. The van der Waals surface area contributed by atoms with Gasteiger partial charge in [-0.3, -0.25) is 0 Å². The number of nitrogens with one attached hydrogen (secondary N) is 1. The quantitative estimate of drug-likeness (QED) is 0.871. The lowest BCUT2D eigenvalue weighted by atomic mass is 10.2. The average molecular weight is 341 g/mol. The maximum absolute atomic E-state index is 6.00. The Bertz CT molecular complexity index is 560. The van der Waals surface area contributed by atoms with E-state index < -0.39 is 0 Å². The zero-order valence-electron chi connectivity index (χ0n) is 10.6. The van der Waals surface area contributed by atoms with Crippen molar-refractivity contribution in [2.75, 3.05) is 7.05 Å². The zero-order chi connectivity index (χ0) is 13.7. The van der Waals surface area contributed by atoms with Crippen LogP contribution >= 0.6 is 27.5 Å². The molecule has 0 aromatic heterocycles. The second kappa shape index (κ2) is 6.94. The first-order valence-electron chi connectivity index (χ1n) is 5.99. The molecule has 0 saturated carbocycles. The molecule has 0 unspecified atom stereocenters. The Kier molecular flexibility index (Phi) is 5.25. The molecule has 0 fully saturated rings. The van der Waals surface area contributed by atoms with Crippen molar-refractivity contribution in [2.45, 2.75) is 13.2 Å². The highest BCUT2D eigenvalue weighted by atomic mass is 79.9. The molecule has 2 aromatic carbocycles. The largest absolute Gasteiger partial charge is 0.489 e. The summed E-state index contributed by atoms with van der Waals surface area (Å²) in [6.07, 6.45) is 0. The molecule has 0 spiro atoms. The number of rotatable bonds is 5. The molecule has 4 heteroatoms. The summed E-state index contributed by atoms with van der Waals surface area (Å²) < 4.78 is 6.92. The molecule has 0 amide bonds. The molecular formula is C15H15BrClNO. The molecule has 0 aliphatic rings. The second-order valence-electron chi connectivity index (χ2n) is 4.20. The fourth-order valence-corrected chi connectivity index (χ4v) is 2.45. The molecule has 1 N–H and O–H groups in total. The van der Waals surface area contributed by atoms with Gasteiger partial charge in [-0.15, -0.1) is 0 Å². The van der Waals surface area contributed by atoms with Crippen LogP contribution in [0.1, 0.15) is 11.1 Å². The predicted octanol–water partition coefficient (Wildman–Crippen LogP) is 4.40. The highest BCUT2D eigenvalue weighted by Gasteiger charge is 2.04. The molecule has 0 radical (unpaired) electrons. The molecule has 0 saturated heterocycles. The summed E-state index contributed by atoms with van der Waals surface area (Å²) in [5.74, 6) is 0.860. The topological polar surface area (TPSA) is 21.3 Å². The smallest absolute Gasteiger partial charge is 0.124 e. The van der Waals surface area contributed by atoms with Gasteiger partial charge >= 0.3 is 0 Å². The molecule has 0 aliphatic carbocycles. The molecule has 2 nitrogen and oxygen atoms in total. The number of hydrogen-bond acceptors (Lipinski definition) is 2. The fourth-order valence-electron chi connectivity index (χ4n) is 1.81. The molecule has 0 bridgehead atoms. The predicted molar refractivity (Wildman–Crippen MR) is 82.7 cm³/mol. The van der Waals surface area contributed by atoms with Gasteiger partial charge in [0.1, 0.15) is 12.4 Å². The van der Waals surface area contributed by atoms with Crippen LogP contribution in [0.2, 0.25) is 5.02 Å². The normalized spacial score (nSPS) is 10.5. The van der Waals surface area contributed by atoms with Crippen molar-refractivity contribution in [2.24, 2.45) is 0 Å². The van der Waals surface area contributed by atoms with Gasteiger partial charge < -0.3 is 10.1 Å². The third-order valence-electron chi connectivity index (χ3n) is 2.67. The van der Waals surface area contributed by atoms with Crippen molar-refractivity contribution in [3.05, 3.63) is 63.1 Å². The summed E-state index contributed by atoms with van der Waals surface area (Å²) in [6.45, 7) is 1.27. The van der Waals surface area contributed by atoms with Crippen LogP contribution in [-0.4, -0.2) is 7.05 Å². The van der Waals surface area contributed by atoms with Crippen molar-refractivity contribution in [3.63, 3.8) is 0 Å². The van der Waals surface area contributed by atoms with E-state index in [-0.39, 0.29) is 0 Å². The molecule has 2 aromatic rings. The van der Waals surface area contributed by atoms with Crippen molar-refractivity contribution in [3.8, 4) is 5.75 Å². The minimum atomic E-state index is 0.539. The standard InChI is InChI=1S/C15H15BrClNO/c1-18-9-12-8-14(17)5-6-15(12)19-10-11-3-2-4-13(16)7-11/h2-8,18H,9-10H2,1H3. The average Bonchev–Trinajstić information content (AvgIpc) is 2.38. The van der Waals surface area contributed by atoms with Gasteiger partial charge in [-0.1, -0.05) is 39.7 Å². The molecule has 0 atom stereocenters. The third kappa shape index (κ3) is 4.23. The fraction of sp³-hybridized carbons (Fsp3) is 0.200. The van der Waals surface area contributed by atoms with Gasteiger partial charge in [0.15, 0.2) is 0 Å². The molecule has 100 valence electrons. The summed E-state index contributed by atoms with van der Waals surface area (Å²) in [5, 5.41) is 3.84. The zero-order valence-corrected chi connectivity index (χ0v) is 13.0. The van der Waals surface area contributed by atoms with Crippen LogP contribution in [0, 0.1) is 0 Å². The minimum absolute atomic E-state index is 0.539. The molecule has 19 heavy (non-hydrogen) atoms. The Balaban J connectivity index is 2.10. The Hall–Kier alpha value is -1.03. The van der Waals surface area contributed by atoms with Crippen molar-refractivity contribution in [1.82, 2.24) is 5.32 Å². The van der Waals surface area contributed by atoms with E-state index in [9.17, 15) is 0 Å². The van der Waals surface area contributed by atoms with Crippen molar-refractivity contribution >= 4 is 27.5 Å². The third-order valence-corrected chi connectivity index (χ3v) is 3.40. The molecular weight excluding hydrogens is 326 g/mol. The summed E-state index contributed by atoms with van der Waals surface area (Å²) in [4.78, 5) is 0. The Morgan fingerprint density at radius 2 is 2.05 bits per heavy atom. The second-order valence-corrected chi connectivity index (χ2v) is 5.55. The number of benzene rings is 2. The Morgan fingerprint density at radius 1 is 1.21 bits per heavy atom. The monoisotopic (exact) mass is 339 g/mol. The Labute approximate surface area is 126 Å². The molecule has 2 rings (SSSR count). The van der Waals surface area contributed by atoms with E-state index in [4.69, 9.17) is 16.3 Å². The first-order chi connectivity index (χ1) is 9.19. The van der Waals surface area contributed by atoms with Crippen LogP contribution in [0.25, 0.3) is 0 Å². The first kappa shape index (κ1) is 14.4. The van der Waals surface area contributed by atoms with Crippen LogP contribution in [0.4, 0.5) is 0 Å². The first-order valence-corrected chi connectivity index (χ1v) is 7.16. The maximum atomic E-state index is 6.00. The highest BCUT2D eigenvalue weighted by molar-refractivity contribution is 9.10. The van der Waals surface area contributed by atoms with Gasteiger partial charge in [-0.25, -0.2) is 0 Å². The lowest BCUT2D eigenvalue weighted by molar-refractivity contribution is 0.302. The van der Waals surface area contributed by atoms with Crippen LogP contribution in [0.3, 0.4) is 0 Å². The lowest BCUT2D eigenvalue weighted by Gasteiger charge is -2.12. The molecule has 0 heterocycles. The van der Waals surface area contributed by atoms with Gasteiger partial charge in [0.25, 0.3) is 0 Å². The van der Waals surface area contributed by atoms with Crippen LogP contribution in [0.15, 0.2) is 46.9 Å². The molecule has 0 aliphatic heterocycles. The van der Waals surface area contributed by atoms with Gasteiger partial charge in [-0.2, -0.15) is 0 Å². The van der Waals surface area contributed by atoms with Crippen LogP contribution < -0.4 is 10.1 Å². The van der Waals surface area contributed by atoms with E-state index >= 15 is 0 Å². The van der Waals surface area contributed by atoms with Crippen molar-refractivity contribution in [1.29, 1.82) is 0 Å². The van der Waals surface area contributed by atoms with E-state index in [2.05, 4.69) is 21.2 Å². The summed E-state index contributed by atoms with van der Waals surface area (Å²) in [7, 11) is 1.90. The minimum Gasteiger partial charge on any atom is -0.489 e. The van der Waals surface area contributed by atoms with Gasteiger partial charge in [0.2, 0.25) is 0 Å². The van der Waals surface area contributed by atoms with Crippen molar-refractivity contribution < 1.29 is 4.74 Å². The number of halogens is 2. The van der Waals surface area contributed by atoms with Crippen LogP contribution in [0.5, 0.6) is 5.75 Å². The van der Waals surface area contributed by atoms with Gasteiger partial charge in [0.05, 0.1) is 0 Å². The lowest BCUT2D eigenvalue weighted by Crippen LogP contribution is -2.07. The van der Waals surface area contributed by atoms with E-state index in [0.29, 0.717) is 6.61 Å². The summed E-state index contributed by atoms with van der Waals surface area (Å²) in [5.41, 5.74) is 2.18. The Morgan fingerprint density at radius 3 is 2.79 bits per heavy atom. The van der Waals surface area contributed by atoms with Gasteiger partial charge in [0, 0.05) is 21.6 Å². The van der Waals surface area contributed by atoms with E-state index in [1.165, 1.54) is 0 Å². The number of ether oxygens (including phenoxy) is 1. The van der Waals surface area contributed by atoms with Crippen LogP contribution in [-0.2, 0) is 13.2 Å². The van der Waals surface area contributed by atoms with E-state index in [1.54, 1.807) is 0 Å². The number of hydrogen-bond donors (Lipinski definition) is 1. The SMILES string of the molecule is CNCc1cc(Cl)ccc1OCc1cccc(Br)c1. The summed E-state index contributed by atoms with van der Waals surface area (Å²) in [6, 6.07) is 13.8. The van der Waals surface area contributed by atoms with Gasteiger partial charge in [-0.05, 0) is 42.9 Å². The highest BCUT2D eigenvalue weighted by Crippen LogP contribution is 2.24. The van der Waals surface area contributed by atoms with E-state index in [0.717, 1.165) is 32.9 Å². The maximum Gasteiger partial charge on any atom is 0.124 e. The van der Waals surface area contributed by atoms with E-state index in [1.807, 2.05) is 49.5 Å².